The third-order valence-electron chi connectivity index (χ3n) is 9.49. The lowest BCUT2D eigenvalue weighted by molar-refractivity contribution is -0.145. The highest BCUT2D eigenvalue weighted by Gasteiger charge is 2.77. The largest absolute Gasteiger partial charge is 0.394 e. The second-order valence-electron chi connectivity index (χ2n) is 12.5. The first-order valence-electron chi connectivity index (χ1n) is 15.2. The molecule has 1 spiro atoms. The zero-order chi connectivity index (χ0) is 31.9. The highest BCUT2D eigenvalue weighted by atomic mass is 79.9. The van der Waals surface area contributed by atoms with Crippen molar-refractivity contribution in [1.82, 2.24) is 4.90 Å². The number of halogens is 1. The molecule has 2 bridgehead atoms. The Balaban J connectivity index is 1.66. The lowest BCUT2D eigenvalue weighted by Crippen LogP contribution is -2.60. The molecule has 3 unspecified atom stereocenters. The minimum Gasteiger partial charge on any atom is -0.394 e. The summed E-state index contributed by atoms with van der Waals surface area (Å²) in [7, 11) is 0. The number of carbonyl (C=O) groups excluding carboxylic acids is 3. The van der Waals surface area contributed by atoms with Gasteiger partial charge in [0.2, 0.25) is 11.8 Å². The Morgan fingerprint density at radius 3 is 2.23 bits per heavy atom. The van der Waals surface area contributed by atoms with Crippen LogP contribution >= 0.6 is 15.9 Å². The molecule has 0 saturated carbocycles. The Hall–Kier alpha value is -3.27. The van der Waals surface area contributed by atoms with E-state index in [1.165, 1.54) is 0 Å². The summed E-state index contributed by atoms with van der Waals surface area (Å²) in [6.45, 7) is 15.7. The molecule has 2 aromatic carbocycles. The fourth-order valence-electron chi connectivity index (χ4n) is 7.65. The molecule has 3 amide bonds. The van der Waals surface area contributed by atoms with E-state index in [0.29, 0.717) is 12.1 Å². The molecule has 3 heterocycles. The molecule has 44 heavy (non-hydrogen) atoms. The van der Waals surface area contributed by atoms with Crippen LogP contribution in [0, 0.1) is 31.6 Å². The number of aliphatic hydroxyl groups is 1. The summed E-state index contributed by atoms with van der Waals surface area (Å²) in [5.74, 6) is -2.77. The Morgan fingerprint density at radius 2 is 1.66 bits per heavy atom. The Morgan fingerprint density at radius 1 is 1.05 bits per heavy atom. The van der Waals surface area contributed by atoms with Gasteiger partial charge in [-0.15, -0.1) is 13.2 Å². The third-order valence-corrected chi connectivity index (χ3v) is 10.3. The van der Waals surface area contributed by atoms with E-state index < -0.39 is 35.6 Å². The number of rotatable bonds is 11. The van der Waals surface area contributed by atoms with Crippen molar-refractivity contribution in [3.05, 3.63) is 85.0 Å². The number of amides is 3. The van der Waals surface area contributed by atoms with Gasteiger partial charge in [-0.3, -0.25) is 14.4 Å². The van der Waals surface area contributed by atoms with E-state index in [1.54, 1.807) is 26.9 Å². The van der Waals surface area contributed by atoms with Gasteiger partial charge in [-0.1, -0.05) is 78.3 Å². The van der Waals surface area contributed by atoms with Crippen molar-refractivity contribution in [3.63, 3.8) is 0 Å². The van der Waals surface area contributed by atoms with Crippen molar-refractivity contribution < 1.29 is 24.2 Å². The van der Waals surface area contributed by atoms with Gasteiger partial charge in [0, 0.05) is 29.3 Å². The molecule has 8 nitrogen and oxygen atoms in total. The number of aliphatic hydroxyl groups excluding tert-OH is 1. The predicted molar refractivity (Wildman–Crippen MR) is 176 cm³/mol. The van der Waals surface area contributed by atoms with Crippen LogP contribution in [-0.2, 0) is 19.1 Å². The minimum absolute atomic E-state index is 0.157. The van der Waals surface area contributed by atoms with Crippen molar-refractivity contribution in [2.24, 2.45) is 17.8 Å². The first-order valence-corrected chi connectivity index (χ1v) is 16.2. The number of nitrogens with zero attached hydrogens (tertiary/aromatic N) is 3. The third kappa shape index (κ3) is 5.03. The van der Waals surface area contributed by atoms with Crippen LogP contribution in [0.15, 0.2) is 73.8 Å². The number of likely N-dealkylation sites (tertiary alicyclic amines) is 1. The maximum Gasteiger partial charge on any atom is 0.253 e. The summed E-state index contributed by atoms with van der Waals surface area (Å²) in [6, 6.07) is 13.5. The summed E-state index contributed by atoms with van der Waals surface area (Å²) in [5, 5.41) is 10.6. The highest BCUT2D eigenvalue weighted by molar-refractivity contribution is 9.09. The van der Waals surface area contributed by atoms with Gasteiger partial charge >= 0.3 is 0 Å². The van der Waals surface area contributed by atoms with E-state index in [-0.39, 0.29) is 48.2 Å². The number of aryl methyl sites for hydroxylation is 2. The lowest BCUT2D eigenvalue weighted by Gasteiger charge is -2.41. The van der Waals surface area contributed by atoms with Gasteiger partial charge in [-0.2, -0.15) is 0 Å². The summed E-state index contributed by atoms with van der Waals surface area (Å²) >= 11 is 3.78. The van der Waals surface area contributed by atoms with Gasteiger partial charge in [0.05, 0.1) is 30.6 Å². The van der Waals surface area contributed by atoms with Crippen LogP contribution in [0.4, 0.5) is 11.4 Å². The molecule has 2 aromatic rings. The molecular formula is C35H42BrN3O5. The normalized spacial score (nSPS) is 27.8. The van der Waals surface area contributed by atoms with Crippen LogP contribution < -0.4 is 9.80 Å². The number of benzene rings is 2. The van der Waals surface area contributed by atoms with Crippen molar-refractivity contribution in [3.8, 4) is 0 Å². The van der Waals surface area contributed by atoms with Crippen LogP contribution in [-0.4, -0.2) is 76.0 Å². The van der Waals surface area contributed by atoms with Gasteiger partial charge in [-0.05, 0) is 49.4 Å². The van der Waals surface area contributed by atoms with Crippen molar-refractivity contribution in [2.45, 2.75) is 62.7 Å². The van der Waals surface area contributed by atoms with Gasteiger partial charge in [0.15, 0.2) is 0 Å². The van der Waals surface area contributed by atoms with E-state index in [9.17, 15) is 14.7 Å². The Bertz CT molecular complexity index is 1430. The van der Waals surface area contributed by atoms with Crippen molar-refractivity contribution in [2.75, 3.05) is 29.5 Å². The second kappa shape index (κ2) is 12.6. The van der Waals surface area contributed by atoms with Crippen LogP contribution in [0.25, 0.3) is 0 Å². The van der Waals surface area contributed by atoms with Gasteiger partial charge in [-0.25, -0.2) is 0 Å². The fourth-order valence-corrected chi connectivity index (χ4v) is 8.59. The topological polar surface area (TPSA) is 90.4 Å². The molecule has 9 heteroatoms. The lowest BCUT2D eigenvalue weighted by atomic mass is 9.70. The molecule has 234 valence electrons. The maximum atomic E-state index is 15.0. The maximum absolute atomic E-state index is 15.0. The number of carbonyl (C=O) groups is 3. The standard InChI is InChI=1S/C35H42BrN3O5/c1-7-17-37(24-15-10-9-11-16-24)32(41)27-28-33(42)39(26(20-40)21(3)4)31(35(28)19-25(36)30(27)44-35)34(43)38(18-8-2)29-22(5)13-12-14-23(29)6/h7-16,21,25-28,30-31,40H,1-2,17-20H2,3-6H3/t25?,26-,27+,28-,30+,31?,35?/m0/s1. The molecule has 3 aliphatic rings. The van der Waals surface area contributed by atoms with E-state index >= 15 is 4.79 Å². The Labute approximate surface area is 268 Å². The average Bonchev–Trinajstić information content (AvgIpc) is 3.59. The molecule has 0 radical (unpaired) electrons. The number of hydrogen-bond acceptors (Lipinski definition) is 5. The number of anilines is 2. The summed E-state index contributed by atoms with van der Waals surface area (Å²) in [6.07, 6.45) is 3.10. The quantitative estimate of drug-likeness (QED) is 0.275. The van der Waals surface area contributed by atoms with E-state index in [4.69, 9.17) is 4.74 Å². The molecule has 3 aliphatic heterocycles. The zero-order valence-electron chi connectivity index (χ0n) is 25.9. The monoisotopic (exact) mass is 663 g/mol. The minimum atomic E-state index is -1.26. The van der Waals surface area contributed by atoms with Gasteiger partial charge < -0.3 is 24.5 Å². The number of para-hydroxylation sites is 2. The van der Waals surface area contributed by atoms with Crippen LogP contribution in [0.3, 0.4) is 0 Å². The predicted octanol–water partition coefficient (Wildman–Crippen LogP) is 4.81. The van der Waals surface area contributed by atoms with E-state index in [1.807, 2.05) is 76.2 Å². The number of hydrogen-bond donors (Lipinski definition) is 1. The number of fused-ring (bicyclic) bond motifs is 1. The van der Waals surface area contributed by atoms with Crippen LogP contribution in [0.1, 0.15) is 31.4 Å². The molecule has 0 aliphatic carbocycles. The zero-order valence-corrected chi connectivity index (χ0v) is 27.4. The van der Waals surface area contributed by atoms with Crippen LogP contribution in [0.5, 0.6) is 0 Å². The number of alkyl halides is 1. The highest BCUT2D eigenvalue weighted by Crippen LogP contribution is 2.61. The van der Waals surface area contributed by atoms with E-state index in [2.05, 4.69) is 29.1 Å². The van der Waals surface area contributed by atoms with Gasteiger partial charge in [0.25, 0.3) is 5.91 Å². The summed E-state index contributed by atoms with van der Waals surface area (Å²) in [4.78, 5) is 48.8. The first kappa shape index (κ1) is 32.1. The van der Waals surface area contributed by atoms with E-state index in [0.717, 1.165) is 16.8 Å². The van der Waals surface area contributed by atoms with Crippen LogP contribution in [0.2, 0.25) is 0 Å². The first-order chi connectivity index (χ1) is 21.0. The molecule has 1 N–H and O–H groups in total. The molecule has 7 atom stereocenters. The molecule has 3 fully saturated rings. The van der Waals surface area contributed by atoms with Gasteiger partial charge in [0.1, 0.15) is 11.6 Å². The molecule has 0 aromatic heterocycles. The molecule has 3 saturated heterocycles. The summed E-state index contributed by atoms with van der Waals surface area (Å²) < 4.78 is 6.79. The summed E-state index contributed by atoms with van der Waals surface area (Å²) in [5.41, 5.74) is 2.02. The second-order valence-corrected chi connectivity index (χ2v) is 13.6. The average molecular weight is 665 g/mol. The smallest absolute Gasteiger partial charge is 0.253 e. The number of ether oxygens (including phenoxy) is 1. The fraction of sp³-hybridized carbons (Fsp3) is 0.457. The van der Waals surface area contributed by atoms with Crippen molar-refractivity contribution >= 4 is 45.0 Å². The molecule has 5 rings (SSSR count). The molecular weight excluding hydrogens is 622 g/mol. The SMILES string of the molecule is C=CCN(C(=O)[C@H]1[C@@H]2OC3(CC2Br)C(C(=O)N(CC=C)c2c(C)cccc2C)N([C@@H](CO)C(C)C)C(=O)[C@H]13)c1ccccc1. The van der Waals surface area contributed by atoms with Crippen molar-refractivity contribution in [1.29, 1.82) is 0 Å². The Kier molecular flexibility index (Phi) is 9.21.